The van der Waals surface area contributed by atoms with Crippen LogP contribution in [0.4, 0.5) is 0 Å². The van der Waals surface area contributed by atoms with E-state index in [9.17, 15) is 8.42 Å². The fourth-order valence-electron chi connectivity index (χ4n) is 1.79. The van der Waals surface area contributed by atoms with Crippen LogP contribution < -0.4 is 0 Å². The molecule has 0 N–H and O–H groups in total. The van der Waals surface area contributed by atoms with Gasteiger partial charge in [0.2, 0.25) is 14.2 Å². The summed E-state index contributed by atoms with van der Waals surface area (Å²) in [6.45, 7) is 0. The van der Waals surface area contributed by atoms with Gasteiger partial charge in [-0.1, -0.05) is 35.1 Å². The second-order valence-corrected chi connectivity index (χ2v) is 7.77. The third-order valence-electron chi connectivity index (χ3n) is 2.66. The SMILES string of the molecule is O=S(=O)(Cc1cccc(Cl)c1)c1nc2cccnc2s1. The minimum absolute atomic E-state index is 0.0891. The largest absolute Gasteiger partial charge is 0.244 e. The maximum Gasteiger partial charge on any atom is 0.212 e. The highest BCUT2D eigenvalue weighted by atomic mass is 35.5. The van der Waals surface area contributed by atoms with Crippen LogP contribution in [0.1, 0.15) is 5.56 Å². The van der Waals surface area contributed by atoms with Gasteiger partial charge in [0.1, 0.15) is 10.3 Å². The van der Waals surface area contributed by atoms with Crippen molar-refractivity contribution in [3.05, 3.63) is 53.2 Å². The molecule has 0 radical (unpaired) electrons. The minimum Gasteiger partial charge on any atom is -0.244 e. The maximum absolute atomic E-state index is 12.4. The van der Waals surface area contributed by atoms with Crippen LogP contribution in [0.15, 0.2) is 46.9 Å². The third kappa shape index (κ3) is 2.67. The standard InChI is InChI=1S/C13H9ClN2O2S2/c14-10-4-1-3-9(7-10)8-20(17,18)13-16-11-5-2-6-15-12(11)19-13/h1-7H,8H2. The van der Waals surface area contributed by atoms with Gasteiger partial charge in [-0.15, -0.1) is 0 Å². The number of nitrogens with zero attached hydrogens (tertiary/aromatic N) is 2. The molecule has 0 aliphatic carbocycles. The highest BCUT2D eigenvalue weighted by Crippen LogP contribution is 2.26. The molecule has 4 nitrogen and oxygen atoms in total. The van der Waals surface area contributed by atoms with Gasteiger partial charge >= 0.3 is 0 Å². The monoisotopic (exact) mass is 324 g/mol. The number of pyridine rings is 1. The van der Waals surface area contributed by atoms with Crippen molar-refractivity contribution in [2.75, 3.05) is 0 Å². The Morgan fingerprint density at radius 3 is 2.80 bits per heavy atom. The Morgan fingerprint density at radius 1 is 1.20 bits per heavy atom. The van der Waals surface area contributed by atoms with Crippen LogP contribution in [0.25, 0.3) is 10.3 Å². The molecule has 7 heteroatoms. The summed E-state index contributed by atoms with van der Waals surface area (Å²) in [5.41, 5.74) is 1.24. The third-order valence-corrected chi connectivity index (χ3v) is 6.02. The van der Waals surface area contributed by atoms with Gasteiger partial charge in [-0.3, -0.25) is 0 Å². The first-order valence-corrected chi connectivity index (χ1v) is 8.58. The van der Waals surface area contributed by atoms with Crippen LogP contribution in [0, 0.1) is 0 Å². The fourth-order valence-corrected chi connectivity index (χ4v) is 4.55. The van der Waals surface area contributed by atoms with E-state index in [0.29, 0.717) is 20.9 Å². The van der Waals surface area contributed by atoms with Crippen molar-refractivity contribution in [1.82, 2.24) is 9.97 Å². The quantitative estimate of drug-likeness (QED) is 0.741. The molecule has 1 aromatic carbocycles. The van der Waals surface area contributed by atoms with E-state index in [0.717, 1.165) is 11.3 Å². The maximum atomic E-state index is 12.4. The molecule has 2 heterocycles. The van der Waals surface area contributed by atoms with E-state index in [4.69, 9.17) is 11.6 Å². The van der Waals surface area contributed by atoms with E-state index in [1.165, 1.54) is 0 Å². The summed E-state index contributed by atoms with van der Waals surface area (Å²) < 4.78 is 24.8. The molecule has 20 heavy (non-hydrogen) atoms. The molecule has 3 aromatic rings. The van der Waals surface area contributed by atoms with Gasteiger partial charge in [0, 0.05) is 11.2 Å². The fraction of sp³-hybridized carbons (Fsp3) is 0.0769. The molecule has 0 amide bonds. The molecular formula is C13H9ClN2O2S2. The van der Waals surface area contributed by atoms with E-state index in [2.05, 4.69) is 9.97 Å². The second-order valence-electron chi connectivity index (χ2n) is 4.20. The first-order chi connectivity index (χ1) is 9.54. The Labute approximate surface area is 125 Å². The molecule has 102 valence electrons. The number of hydrogen-bond acceptors (Lipinski definition) is 5. The summed E-state index contributed by atoms with van der Waals surface area (Å²) in [5.74, 6) is -0.118. The van der Waals surface area contributed by atoms with E-state index in [1.807, 2.05) is 0 Å². The summed E-state index contributed by atoms with van der Waals surface area (Å²) in [4.78, 5) is 8.87. The summed E-state index contributed by atoms with van der Waals surface area (Å²) in [6.07, 6.45) is 1.62. The van der Waals surface area contributed by atoms with Crippen LogP contribution in [0.3, 0.4) is 0 Å². The number of benzene rings is 1. The number of halogens is 1. The summed E-state index contributed by atoms with van der Waals surface area (Å²) in [7, 11) is -3.48. The van der Waals surface area contributed by atoms with Crippen molar-refractivity contribution < 1.29 is 8.42 Å². The number of thiazole rings is 1. The predicted octanol–water partition coefficient (Wildman–Crippen LogP) is 3.32. The van der Waals surface area contributed by atoms with E-state index in [-0.39, 0.29) is 10.1 Å². The van der Waals surface area contributed by atoms with Gasteiger partial charge in [-0.05, 0) is 29.8 Å². The molecule has 3 rings (SSSR count). The molecule has 0 saturated heterocycles. The van der Waals surface area contributed by atoms with Crippen molar-refractivity contribution in [3.8, 4) is 0 Å². The zero-order chi connectivity index (χ0) is 14.2. The minimum atomic E-state index is -3.48. The Bertz CT molecular complexity index is 842. The lowest BCUT2D eigenvalue weighted by Crippen LogP contribution is -2.04. The van der Waals surface area contributed by atoms with Gasteiger partial charge in [0.25, 0.3) is 0 Å². The molecule has 0 atom stereocenters. The van der Waals surface area contributed by atoms with Gasteiger partial charge < -0.3 is 0 Å². The molecule has 0 saturated carbocycles. The predicted molar refractivity (Wildman–Crippen MR) is 79.8 cm³/mol. The van der Waals surface area contributed by atoms with E-state index in [1.54, 1.807) is 42.6 Å². The van der Waals surface area contributed by atoms with Crippen molar-refractivity contribution >= 4 is 43.1 Å². The lowest BCUT2D eigenvalue weighted by Gasteiger charge is -2.01. The van der Waals surface area contributed by atoms with Crippen LogP contribution in [0.5, 0.6) is 0 Å². The first kappa shape index (κ1) is 13.5. The number of hydrogen-bond donors (Lipinski definition) is 0. The molecule has 0 bridgehead atoms. The Balaban J connectivity index is 1.99. The van der Waals surface area contributed by atoms with Gasteiger partial charge in [0.05, 0.1) is 5.75 Å². The van der Waals surface area contributed by atoms with Crippen molar-refractivity contribution in [3.63, 3.8) is 0 Å². The number of sulfone groups is 1. The molecule has 0 fully saturated rings. The van der Waals surface area contributed by atoms with Gasteiger partial charge in [0.15, 0.2) is 0 Å². The molecule has 0 aliphatic heterocycles. The van der Waals surface area contributed by atoms with Crippen molar-refractivity contribution in [2.24, 2.45) is 0 Å². The first-order valence-electron chi connectivity index (χ1n) is 5.73. The molecule has 2 aromatic heterocycles. The van der Waals surface area contributed by atoms with Crippen LogP contribution >= 0.6 is 22.9 Å². The highest BCUT2D eigenvalue weighted by Gasteiger charge is 2.20. The highest BCUT2D eigenvalue weighted by molar-refractivity contribution is 7.92. The summed E-state index contributed by atoms with van der Waals surface area (Å²) >= 11 is 6.95. The average Bonchev–Trinajstić information content (AvgIpc) is 2.82. The number of aromatic nitrogens is 2. The smallest absolute Gasteiger partial charge is 0.212 e. The lowest BCUT2D eigenvalue weighted by molar-refractivity contribution is 0.594. The zero-order valence-corrected chi connectivity index (χ0v) is 12.5. The molecular weight excluding hydrogens is 316 g/mol. The lowest BCUT2D eigenvalue weighted by atomic mass is 10.2. The molecule has 0 unspecified atom stereocenters. The zero-order valence-electron chi connectivity index (χ0n) is 10.2. The summed E-state index contributed by atoms with van der Waals surface area (Å²) in [6, 6.07) is 10.3. The van der Waals surface area contributed by atoms with Crippen LogP contribution in [0.2, 0.25) is 5.02 Å². The Hall–Kier alpha value is -1.50. The second kappa shape index (κ2) is 5.12. The van der Waals surface area contributed by atoms with Crippen LogP contribution in [-0.2, 0) is 15.6 Å². The van der Waals surface area contributed by atoms with Crippen molar-refractivity contribution in [1.29, 1.82) is 0 Å². The molecule has 0 aliphatic rings. The topological polar surface area (TPSA) is 59.9 Å². The number of fused-ring (bicyclic) bond motifs is 1. The van der Waals surface area contributed by atoms with Crippen molar-refractivity contribution in [2.45, 2.75) is 10.1 Å². The van der Waals surface area contributed by atoms with Gasteiger partial charge in [-0.2, -0.15) is 0 Å². The Kier molecular flexibility index (Phi) is 3.45. The van der Waals surface area contributed by atoms with E-state index < -0.39 is 9.84 Å². The van der Waals surface area contributed by atoms with Gasteiger partial charge in [-0.25, -0.2) is 18.4 Å². The van der Waals surface area contributed by atoms with Crippen LogP contribution in [-0.4, -0.2) is 18.4 Å². The Morgan fingerprint density at radius 2 is 2.05 bits per heavy atom. The normalized spacial score (nSPS) is 11.8. The molecule has 0 spiro atoms. The van der Waals surface area contributed by atoms with E-state index >= 15 is 0 Å². The average molecular weight is 325 g/mol. The summed E-state index contributed by atoms with van der Waals surface area (Å²) in [5, 5.41) is 0.517. The number of rotatable bonds is 3.